The van der Waals surface area contributed by atoms with E-state index in [0.29, 0.717) is 108 Å². The molecule has 1 aromatic heterocycles. The highest BCUT2D eigenvalue weighted by molar-refractivity contribution is 5.88. The first-order valence-corrected chi connectivity index (χ1v) is 44.8. The normalized spacial score (nSPS) is 16.9. The maximum Gasteiger partial charge on any atom is 0.329 e. The molecule has 690 valence electrons. The van der Waals surface area contributed by atoms with Crippen LogP contribution in [0, 0.1) is 10.8 Å². The molecule has 3 N–H and O–H groups in total. The summed E-state index contributed by atoms with van der Waals surface area (Å²) < 4.78 is 40.3. The van der Waals surface area contributed by atoms with Crippen molar-refractivity contribution in [2.24, 2.45) is 10.8 Å². The topological polar surface area (TPSA) is 312 Å². The van der Waals surface area contributed by atoms with E-state index in [9.17, 15) is 43.2 Å². The lowest BCUT2D eigenvalue weighted by Gasteiger charge is -2.40. The van der Waals surface area contributed by atoms with Gasteiger partial charge in [-0.3, -0.25) is 53.3 Å². The van der Waals surface area contributed by atoms with E-state index in [0.717, 1.165) is 102 Å². The number of nitrogens with one attached hydrogen (secondary N) is 3. The number of benzene rings is 1. The summed E-state index contributed by atoms with van der Waals surface area (Å²) in [7, 11) is 0. The Morgan fingerprint density at radius 1 is 0.413 bits per heavy atom. The van der Waals surface area contributed by atoms with Crippen LogP contribution < -0.4 is 20.9 Å². The van der Waals surface area contributed by atoms with Crippen LogP contribution in [-0.2, 0) is 84.4 Å². The maximum atomic E-state index is 14.1. The highest BCUT2D eigenvalue weighted by Gasteiger charge is 2.36. The molecule has 2 aliphatic rings. The highest BCUT2D eigenvalue weighted by atomic mass is 16.6. The number of urea groups is 1. The molecule has 28 heteroatoms. The molecule has 28 nitrogen and oxygen atoms in total. The molecule has 4 rings (SSSR count). The Labute approximate surface area is 727 Å². The summed E-state index contributed by atoms with van der Waals surface area (Å²) in [6.45, 7) is 60.3. The van der Waals surface area contributed by atoms with Gasteiger partial charge in [-0.25, -0.2) is 19.4 Å². The lowest BCUT2D eigenvalue weighted by atomic mass is 9.82. The number of ether oxygens (including phenoxy) is 7. The molecule has 2 saturated heterocycles. The Bertz CT molecular complexity index is 3540. The van der Waals surface area contributed by atoms with Crippen LogP contribution in [0.15, 0.2) is 24.3 Å². The summed E-state index contributed by atoms with van der Waals surface area (Å²) in [5, 5.41) is 8.27. The van der Waals surface area contributed by atoms with Crippen molar-refractivity contribution >= 4 is 59.7 Å². The maximum absolute atomic E-state index is 14.1. The van der Waals surface area contributed by atoms with Crippen LogP contribution >= 0.6 is 0 Å². The number of carbonyl (C=O) groups is 9. The summed E-state index contributed by atoms with van der Waals surface area (Å²) in [5.41, 5.74) is -3.35. The quantitative estimate of drug-likeness (QED) is 0.0318. The fraction of sp³-hybridized carbons (Fsp3) is 0.806. The SMILES string of the molecule is CC(C)(C)CC(CC(=O)OC(C)(C)C)c1nc(Cc2ccc(CC3CN(CC(C)(C)C)CCN(CC(=O)OC(C)(C)C)CCN(CC(=O)OC(C)(C)C)CCN3CC(=O)OC(C)(C)C)cc2)nc(N2CCN(CCCCCCCCCCC(=O)NCCCC[C@H](NC(=O)N[C@@H](CCC(=O)OC(C)(C)C)C(=O)OC(C)(C)C)C(=O)OC(C)(C)C)CC2)n1. The third-order valence-corrected chi connectivity index (χ3v) is 19.3. The minimum Gasteiger partial charge on any atom is -0.460 e. The standard InChI is InChI=1S/C93H162N12O16/c1-85(2,3)61-69(60-76(108)116-88(10,11)12)80-97-73(59-68-42-40-67(41-43-68)58-70-62-103(66-86(4,5)6)51-50-101(63-77(109)117-89(13,14)15)48-49-102(64-78(110)118-90(16,17)18)54-57-105(70)65-79(111)119-91(19,20)21)98-83(99-80)104-55-52-100(53-56-104)47-37-33-31-29-28-30-32-34-39-74(106)94-46-36-35-38-71(81(112)120-92(22,23)24)95-84(114)96-72(82(113)121-93(25,26)27)44-45-75(107)115-87(7,8)9/h40-43,69-72H,28-39,44-66H2,1-27H3,(H,94,106)(H2,95,96,114)/t69?,70?,71-,72-/m0/s1. The lowest BCUT2D eigenvalue weighted by Crippen LogP contribution is -2.54. The molecule has 2 unspecified atom stereocenters. The van der Waals surface area contributed by atoms with E-state index in [1.54, 1.807) is 62.3 Å². The van der Waals surface area contributed by atoms with E-state index in [2.05, 4.69) is 111 Å². The molecule has 2 aromatic rings. The van der Waals surface area contributed by atoms with Crippen LogP contribution in [0.1, 0.15) is 318 Å². The minimum atomic E-state index is -1.20. The van der Waals surface area contributed by atoms with E-state index in [-0.39, 0.29) is 97.9 Å². The molecular formula is C93H162N12O16. The first kappa shape index (κ1) is 106. The molecule has 2 aliphatic heterocycles. The molecule has 4 atom stereocenters. The van der Waals surface area contributed by atoms with Crippen LogP contribution in [0.25, 0.3) is 0 Å². The van der Waals surface area contributed by atoms with Crippen molar-refractivity contribution in [1.29, 1.82) is 0 Å². The summed E-state index contributed by atoms with van der Waals surface area (Å²) in [4.78, 5) is 150. The molecule has 3 amide bonds. The number of rotatable bonds is 39. The highest BCUT2D eigenvalue weighted by Crippen LogP contribution is 2.35. The molecular weight excluding hydrogens is 1540 g/mol. The minimum absolute atomic E-state index is 0.0292. The van der Waals surface area contributed by atoms with E-state index in [4.69, 9.17) is 48.1 Å². The van der Waals surface area contributed by atoms with Crippen molar-refractivity contribution in [2.75, 3.05) is 116 Å². The number of hydrogen-bond acceptors (Lipinski definition) is 25. The Kier molecular flexibility index (Phi) is 42.5. The number of nitrogens with zero attached hydrogens (tertiary/aromatic N) is 9. The van der Waals surface area contributed by atoms with Gasteiger partial charge < -0.3 is 54.0 Å². The van der Waals surface area contributed by atoms with Gasteiger partial charge in [0.2, 0.25) is 11.9 Å². The van der Waals surface area contributed by atoms with Gasteiger partial charge in [-0.05, 0) is 225 Å². The van der Waals surface area contributed by atoms with E-state index in [1.807, 2.05) is 83.1 Å². The van der Waals surface area contributed by atoms with Crippen LogP contribution in [0.3, 0.4) is 0 Å². The van der Waals surface area contributed by atoms with Gasteiger partial charge in [-0.1, -0.05) is 104 Å². The van der Waals surface area contributed by atoms with Crippen LogP contribution in [0.4, 0.5) is 10.7 Å². The number of piperazine rings is 1. The summed E-state index contributed by atoms with van der Waals surface area (Å²) in [5.74, 6) is -1.77. The zero-order valence-corrected chi connectivity index (χ0v) is 79.9. The summed E-state index contributed by atoms with van der Waals surface area (Å²) in [6.07, 6.45) is 11.6. The second-order valence-corrected chi connectivity index (χ2v) is 42.8. The zero-order chi connectivity index (χ0) is 91.1. The number of amides is 3. The number of aromatic nitrogens is 3. The zero-order valence-electron chi connectivity index (χ0n) is 79.9. The van der Waals surface area contributed by atoms with E-state index < -0.39 is 75.2 Å². The van der Waals surface area contributed by atoms with Gasteiger partial charge in [0.05, 0.1) is 26.1 Å². The Morgan fingerprint density at radius 2 is 0.843 bits per heavy atom. The van der Waals surface area contributed by atoms with Gasteiger partial charge in [0.25, 0.3) is 0 Å². The lowest BCUT2D eigenvalue weighted by molar-refractivity contribution is -0.159. The number of hydrogen-bond donors (Lipinski definition) is 3. The van der Waals surface area contributed by atoms with E-state index >= 15 is 0 Å². The molecule has 0 saturated carbocycles. The Balaban J connectivity index is 1.42. The van der Waals surface area contributed by atoms with Gasteiger partial charge in [0.1, 0.15) is 62.9 Å². The second kappa shape index (κ2) is 48.4. The molecule has 2 fully saturated rings. The number of esters is 7. The molecule has 3 heterocycles. The van der Waals surface area contributed by atoms with Crippen molar-refractivity contribution in [3.63, 3.8) is 0 Å². The van der Waals surface area contributed by atoms with Gasteiger partial charge in [0, 0.05) is 116 Å². The van der Waals surface area contributed by atoms with Crippen molar-refractivity contribution in [2.45, 2.75) is 366 Å². The average molecular weight is 1700 g/mol. The second-order valence-electron chi connectivity index (χ2n) is 42.8. The molecule has 121 heavy (non-hydrogen) atoms. The Hall–Kier alpha value is -7.14. The third kappa shape index (κ3) is 49.8. The van der Waals surface area contributed by atoms with Gasteiger partial charge in [0.15, 0.2) is 0 Å². The van der Waals surface area contributed by atoms with Crippen molar-refractivity contribution in [3.8, 4) is 0 Å². The van der Waals surface area contributed by atoms with E-state index in [1.165, 1.54) is 0 Å². The average Bonchev–Trinajstić information content (AvgIpc) is 0.802. The number of carbonyl (C=O) groups excluding carboxylic acids is 9. The third-order valence-electron chi connectivity index (χ3n) is 19.3. The van der Waals surface area contributed by atoms with Crippen molar-refractivity contribution < 1.29 is 76.3 Å². The molecule has 0 bridgehead atoms. The number of anilines is 1. The smallest absolute Gasteiger partial charge is 0.329 e. The monoisotopic (exact) mass is 1700 g/mol. The molecule has 1 aromatic carbocycles. The number of unbranched alkanes of at least 4 members (excludes halogenated alkanes) is 8. The van der Waals surface area contributed by atoms with Crippen LogP contribution in [-0.4, -0.2) is 262 Å². The fourth-order valence-electron chi connectivity index (χ4n) is 14.5. The first-order chi connectivity index (χ1) is 55.7. The summed E-state index contributed by atoms with van der Waals surface area (Å²) >= 11 is 0. The summed E-state index contributed by atoms with van der Waals surface area (Å²) in [6, 6.07) is 5.35. The van der Waals surface area contributed by atoms with Gasteiger partial charge in [-0.15, -0.1) is 0 Å². The van der Waals surface area contributed by atoms with Gasteiger partial charge in [-0.2, -0.15) is 9.97 Å². The predicted octanol–water partition coefficient (Wildman–Crippen LogP) is 13.7. The molecule has 0 radical (unpaired) electrons. The van der Waals surface area contributed by atoms with Gasteiger partial charge >= 0.3 is 47.8 Å². The van der Waals surface area contributed by atoms with Crippen LogP contribution in [0.2, 0.25) is 0 Å². The molecule has 0 spiro atoms. The largest absolute Gasteiger partial charge is 0.460 e. The van der Waals surface area contributed by atoms with Crippen molar-refractivity contribution in [3.05, 3.63) is 47.0 Å². The Morgan fingerprint density at radius 3 is 1.33 bits per heavy atom. The van der Waals surface area contributed by atoms with Crippen molar-refractivity contribution in [1.82, 2.24) is 55.4 Å². The fourth-order valence-corrected chi connectivity index (χ4v) is 14.5. The van der Waals surface area contributed by atoms with Crippen LogP contribution in [0.5, 0.6) is 0 Å². The predicted molar refractivity (Wildman–Crippen MR) is 475 cm³/mol. The first-order valence-electron chi connectivity index (χ1n) is 44.8. The molecule has 0 aliphatic carbocycles.